The van der Waals surface area contributed by atoms with Crippen LogP contribution in [0.3, 0.4) is 0 Å². The summed E-state index contributed by atoms with van der Waals surface area (Å²) in [5.41, 5.74) is 1.38. The predicted octanol–water partition coefficient (Wildman–Crippen LogP) is 2.74. The van der Waals surface area contributed by atoms with Crippen LogP contribution in [0.5, 0.6) is 0 Å². The molecule has 11 heteroatoms. The number of imidazole rings is 1. The van der Waals surface area contributed by atoms with Gasteiger partial charge in [0.2, 0.25) is 0 Å². The Morgan fingerprint density at radius 1 is 1.06 bits per heavy atom. The van der Waals surface area contributed by atoms with Crippen molar-refractivity contribution in [2.24, 2.45) is 0 Å². The van der Waals surface area contributed by atoms with Gasteiger partial charge in [0, 0.05) is 18.8 Å². The molecule has 1 atom stereocenters. The molecule has 1 aliphatic heterocycles. The van der Waals surface area contributed by atoms with E-state index >= 15 is 0 Å². The lowest BCUT2D eigenvalue weighted by Crippen LogP contribution is -2.36. The number of morpholine rings is 1. The van der Waals surface area contributed by atoms with Crippen LogP contribution in [-0.2, 0) is 33.3 Å². The minimum absolute atomic E-state index is 0.0433. The number of nitrogens with zero attached hydrogens (tertiary/aromatic N) is 3. The lowest BCUT2D eigenvalue weighted by molar-refractivity contribution is -0.159. The Hall–Kier alpha value is -3.47. The van der Waals surface area contributed by atoms with Gasteiger partial charge in [0.05, 0.1) is 37.5 Å². The van der Waals surface area contributed by atoms with Crippen LogP contribution in [0.25, 0.3) is 11.0 Å². The van der Waals surface area contributed by atoms with Gasteiger partial charge in [-0.3, -0.25) is 9.59 Å². The molecule has 0 saturated carbocycles. The standard InChI is InChI=1S/C25H33N3O8/c1-7-34-22(30)18(20(29)23(31)35-8-2)21-26-19-15(3)13-16(27-9-11-33-12-10-27)14-17(19)28(21)24(32)36-25(4,5)6/h13-14,18H,7-12H2,1-6H3. The van der Waals surface area contributed by atoms with Crippen LogP contribution in [0.4, 0.5) is 10.5 Å². The molecule has 2 aromatic rings. The molecule has 0 spiro atoms. The van der Waals surface area contributed by atoms with Crippen molar-refractivity contribution in [3.05, 3.63) is 23.5 Å². The number of aromatic nitrogens is 2. The molecule has 3 rings (SSSR count). The van der Waals surface area contributed by atoms with Crippen molar-refractivity contribution in [2.45, 2.75) is 53.1 Å². The third-order valence-electron chi connectivity index (χ3n) is 5.43. The Labute approximate surface area is 209 Å². The molecule has 36 heavy (non-hydrogen) atoms. The fourth-order valence-electron chi connectivity index (χ4n) is 3.92. The summed E-state index contributed by atoms with van der Waals surface area (Å²) in [7, 11) is 0. The summed E-state index contributed by atoms with van der Waals surface area (Å²) in [5.74, 6) is -5.49. The molecule has 1 aliphatic rings. The summed E-state index contributed by atoms with van der Waals surface area (Å²) in [6.45, 7) is 12.3. The second kappa shape index (κ2) is 11.1. The van der Waals surface area contributed by atoms with Crippen LogP contribution in [0.2, 0.25) is 0 Å². The zero-order valence-electron chi connectivity index (χ0n) is 21.6. The van der Waals surface area contributed by atoms with Gasteiger partial charge in [-0.25, -0.2) is 19.1 Å². The van der Waals surface area contributed by atoms with Crippen LogP contribution in [0.15, 0.2) is 12.1 Å². The molecule has 0 N–H and O–H groups in total. The van der Waals surface area contributed by atoms with E-state index in [0.29, 0.717) is 42.9 Å². The number of anilines is 1. The molecule has 196 valence electrons. The first-order valence-electron chi connectivity index (χ1n) is 11.9. The molecular formula is C25H33N3O8. The minimum Gasteiger partial charge on any atom is -0.465 e. The summed E-state index contributed by atoms with van der Waals surface area (Å²) in [5, 5.41) is 0. The molecule has 0 amide bonds. The number of ether oxygens (including phenoxy) is 4. The van der Waals surface area contributed by atoms with Gasteiger partial charge in [0.15, 0.2) is 5.92 Å². The van der Waals surface area contributed by atoms with Crippen molar-refractivity contribution >= 4 is 40.5 Å². The number of carbonyl (C=O) groups is 4. The third kappa shape index (κ3) is 5.84. The topological polar surface area (TPSA) is 126 Å². The van der Waals surface area contributed by atoms with Gasteiger partial charge in [-0.05, 0) is 59.2 Å². The zero-order valence-corrected chi connectivity index (χ0v) is 21.6. The van der Waals surface area contributed by atoms with E-state index < -0.39 is 35.3 Å². The number of ketones is 1. The van der Waals surface area contributed by atoms with E-state index in [9.17, 15) is 19.2 Å². The summed E-state index contributed by atoms with van der Waals surface area (Å²) < 4.78 is 22.1. The lowest BCUT2D eigenvalue weighted by Gasteiger charge is -2.29. The van der Waals surface area contributed by atoms with Crippen molar-refractivity contribution < 1.29 is 38.1 Å². The molecule has 1 aromatic heterocycles. The Balaban J connectivity index is 2.27. The second-order valence-electron chi connectivity index (χ2n) is 9.29. The maximum atomic E-state index is 13.4. The summed E-state index contributed by atoms with van der Waals surface area (Å²) in [6, 6.07) is 3.67. The fourth-order valence-corrected chi connectivity index (χ4v) is 3.92. The molecule has 2 heterocycles. The van der Waals surface area contributed by atoms with Crippen molar-refractivity contribution in [1.82, 2.24) is 9.55 Å². The second-order valence-corrected chi connectivity index (χ2v) is 9.29. The first-order valence-corrected chi connectivity index (χ1v) is 11.9. The number of aryl methyl sites for hydroxylation is 1. The van der Waals surface area contributed by atoms with Crippen LogP contribution >= 0.6 is 0 Å². The van der Waals surface area contributed by atoms with Gasteiger partial charge < -0.3 is 23.8 Å². The van der Waals surface area contributed by atoms with Gasteiger partial charge in [-0.2, -0.15) is 0 Å². The Bertz CT molecular complexity index is 1160. The van der Waals surface area contributed by atoms with Gasteiger partial charge in [-0.1, -0.05) is 0 Å². The largest absolute Gasteiger partial charge is 0.465 e. The fraction of sp³-hybridized carbons (Fsp3) is 0.560. The van der Waals surface area contributed by atoms with Crippen molar-refractivity contribution in [2.75, 3.05) is 44.4 Å². The maximum Gasteiger partial charge on any atom is 0.420 e. The molecule has 1 unspecified atom stereocenters. The average molecular weight is 504 g/mol. The Kier molecular flexibility index (Phi) is 8.34. The molecule has 0 radical (unpaired) electrons. The predicted molar refractivity (Wildman–Crippen MR) is 130 cm³/mol. The Morgan fingerprint density at radius 2 is 1.69 bits per heavy atom. The number of hydrogen-bond donors (Lipinski definition) is 0. The average Bonchev–Trinajstić information content (AvgIpc) is 3.18. The molecule has 1 aromatic carbocycles. The van der Waals surface area contributed by atoms with E-state index in [4.69, 9.17) is 18.9 Å². The normalized spacial score (nSPS) is 14.9. The number of Topliss-reactive ketones (excluding diaryl/α,β-unsaturated/α-hetero) is 1. The number of carbonyl (C=O) groups excluding carboxylic acids is 4. The van der Waals surface area contributed by atoms with E-state index in [2.05, 4.69) is 9.88 Å². The molecule has 1 saturated heterocycles. The summed E-state index contributed by atoms with van der Waals surface area (Å²) >= 11 is 0. The monoisotopic (exact) mass is 503 g/mol. The maximum absolute atomic E-state index is 13.4. The van der Waals surface area contributed by atoms with E-state index in [-0.39, 0.29) is 19.0 Å². The van der Waals surface area contributed by atoms with E-state index in [1.165, 1.54) is 6.92 Å². The number of fused-ring (bicyclic) bond motifs is 1. The van der Waals surface area contributed by atoms with Crippen LogP contribution in [-0.4, -0.2) is 78.5 Å². The van der Waals surface area contributed by atoms with E-state index in [1.54, 1.807) is 33.8 Å². The minimum atomic E-state index is -1.81. The highest BCUT2D eigenvalue weighted by Gasteiger charge is 2.41. The molecule has 1 fully saturated rings. The highest BCUT2D eigenvalue weighted by Crippen LogP contribution is 2.31. The van der Waals surface area contributed by atoms with Crippen LogP contribution < -0.4 is 4.90 Å². The van der Waals surface area contributed by atoms with Crippen molar-refractivity contribution in [1.29, 1.82) is 0 Å². The van der Waals surface area contributed by atoms with Crippen molar-refractivity contribution in [3.63, 3.8) is 0 Å². The van der Waals surface area contributed by atoms with Crippen LogP contribution in [0.1, 0.15) is 51.9 Å². The van der Waals surface area contributed by atoms with E-state index in [0.717, 1.165) is 10.3 Å². The smallest absolute Gasteiger partial charge is 0.420 e. The van der Waals surface area contributed by atoms with Crippen LogP contribution in [0, 0.1) is 6.92 Å². The Morgan fingerprint density at radius 3 is 2.28 bits per heavy atom. The molecular weight excluding hydrogens is 470 g/mol. The number of hydrogen-bond acceptors (Lipinski definition) is 10. The molecule has 0 aliphatic carbocycles. The summed E-state index contributed by atoms with van der Waals surface area (Å²) in [6.07, 6.45) is -0.843. The first kappa shape index (κ1) is 27.1. The third-order valence-corrected chi connectivity index (χ3v) is 5.43. The molecule has 11 nitrogen and oxygen atoms in total. The zero-order chi connectivity index (χ0) is 26.6. The van der Waals surface area contributed by atoms with Crippen molar-refractivity contribution in [3.8, 4) is 0 Å². The highest BCUT2D eigenvalue weighted by atomic mass is 16.6. The number of benzene rings is 1. The van der Waals surface area contributed by atoms with Gasteiger partial charge in [-0.15, -0.1) is 0 Å². The van der Waals surface area contributed by atoms with E-state index in [1.807, 2.05) is 13.0 Å². The molecule has 0 bridgehead atoms. The SMILES string of the molecule is CCOC(=O)C(=O)C(C(=O)OCC)c1nc2c(C)cc(N3CCOCC3)cc2n1C(=O)OC(C)(C)C. The van der Waals surface area contributed by atoms with Gasteiger partial charge in [0.25, 0.3) is 5.78 Å². The lowest BCUT2D eigenvalue weighted by atomic mass is 10.0. The van der Waals surface area contributed by atoms with Gasteiger partial charge in [0.1, 0.15) is 11.4 Å². The highest BCUT2D eigenvalue weighted by molar-refractivity contribution is 6.39. The van der Waals surface area contributed by atoms with Gasteiger partial charge >= 0.3 is 18.0 Å². The quantitative estimate of drug-likeness (QED) is 0.241. The first-order chi connectivity index (χ1) is 17.0. The number of esters is 2. The summed E-state index contributed by atoms with van der Waals surface area (Å²) in [4.78, 5) is 58.5. The number of rotatable bonds is 7.